The smallest absolute Gasteiger partial charge is 0.227 e. The van der Waals surface area contributed by atoms with Crippen LogP contribution < -0.4 is 0 Å². The Hall–Kier alpha value is -2.24. The van der Waals surface area contributed by atoms with E-state index in [1.54, 1.807) is 6.20 Å². The van der Waals surface area contributed by atoms with Crippen LogP contribution in [0.25, 0.3) is 0 Å². The van der Waals surface area contributed by atoms with Crippen molar-refractivity contribution in [3.63, 3.8) is 0 Å². The summed E-state index contributed by atoms with van der Waals surface area (Å²) in [7, 11) is 0. The quantitative estimate of drug-likeness (QED) is 0.893. The minimum atomic E-state index is -0.739. The number of aromatic nitrogens is 1. The Kier molecular flexibility index (Phi) is 5.69. The Morgan fingerprint density at radius 2 is 2.00 bits per heavy atom. The third kappa shape index (κ3) is 4.48. The molecule has 1 saturated heterocycles. The van der Waals surface area contributed by atoms with E-state index in [0.29, 0.717) is 32.5 Å². The summed E-state index contributed by atoms with van der Waals surface area (Å²) in [5, 5.41) is 10.0. The molecule has 26 heavy (non-hydrogen) atoms. The fourth-order valence-electron chi connectivity index (χ4n) is 3.39. The number of hydrogen-bond acceptors (Lipinski definition) is 4. The zero-order valence-corrected chi connectivity index (χ0v) is 15.4. The number of morpholine rings is 1. The minimum absolute atomic E-state index is 0.0561. The maximum Gasteiger partial charge on any atom is 0.227 e. The predicted molar refractivity (Wildman–Crippen MR) is 99.9 cm³/mol. The van der Waals surface area contributed by atoms with Crippen molar-refractivity contribution in [3.05, 3.63) is 65.0 Å². The molecule has 1 aliphatic heterocycles. The molecule has 0 spiro atoms. The Morgan fingerprint density at radius 3 is 2.69 bits per heavy atom. The van der Waals surface area contributed by atoms with Crippen molar-refractivity contribution in [2.45, 2.75) is 32.3 Å². The van der Waals surface area contributed by atoms with Gasteiger partial charge >= 0.3 is 0 Å². The SMILES string of the molecule is Cc1ccc(C[C@@]2(CO)CN(C(=O)Cc3ccnc(C)c3)CCO2)cc1. The van der Waals surface area contributed by atoms with Crippen molar-refractivity contribution in [2.75, 3.05) is 26.3 Å². The summed E-state index contributed by atoms with van der Waals surface area (Å²) in [6.07, 6.45) is 2.66. The zero-order chi connectivity index (χ0) is 18.6. The summed E-state index contributed by atoms with van der Waals surface area (Å²) < 4.78 is 5.94. The Morgan fingerprint density at radius 1 is 1.23 bits per heavy atom. The highest BCUT2D eigenvalue weighted by Gasteiger charge is 2.38. The second kappa shape index (κ2) is 7.98. The number of ether oxygens (including phenoxy) is 1. The molecule has 0 bridgehead atoms. The standard InChI is InChI=1S/C21H26N2O3/c1-16-3-5-18(6-4-16)13-21(15-24)14-23(9-10-26-21)20(25)12-19-7-8-22-17(2)11-19/h3-8,11,24H,9-10,12-15H2,1-2H3/t21-/m0/s1. The summed E-state index contributed by atoms with van der Waals surface area (Å²) in [6, 6.07) is 12.0. The van der Waals surface area contributed by atoms with E-state index in [2.05, 4.69) is 29.2 Å². The fraction of sp³-hybridized carbons (Fsp3) is 0.429. The summed E-state index contributed by atoms with van der Waals surface area (Å²) in [4.78, 5) is 18.7. The van der Waals surface area contributed by atoms with Gasteiger partial charge in [0.05, 0.1) is 26.2 Å². The molecule has 0 unspecified atom stereocenters. The van der Waals surface area contributed by atoms with Gasteiger partial charge in [0.2, 0.25) is 5.91 Å². The van der Waals surface area contributed by atoms with E-state index in [1.165, 1.54) is 5.56 Å². The second-order valence-corrected chi connectivity index (χ2v) is 7.15. The number of aliphatic hydroxyl groups excluding tert-OH is 1. The number of carbonyl (C=O) groups is 1. The number of nitrogens with zero attached hydrogens (tertiary/aromatic N) is 2. The summed E-state index contributed by atoms with van der Waals surface area (Å²) in [5.41, 5.74) is 3.42. The van der Waals surface area contributed by atoms with Gasteiger partial charge in [0.1, 0.15) is 5.60 Å². The van der Waals surface area contributed by atoms with Crippen LogP contribution in [-0.4, -0.2) is 52.8 Å². The van der Waals surface area contributed by atoms with Gasteiger partial charge in [-0.2, -0.15) is 0 Å². The third-order valence-corrected chi connectivity index (χ3v) is 4.85. The highest BCUT2D eigenvalue weighted by atomic mass is 16.5. The van der Waals surface area contributed by atoms with Crippen molar-refractivity contribution >= 4 is 5.91 Å². The molecule has 1 aromatic heterocycles. The summed E-state index contributed by atoms with van der Waals surface area (Å²) in [5.74, 6) is 0.0561. The number of rotatable bonds is 5. The molecule has 5 nitrogen and oxygen atoms in total. The van der Waals surface area contributed by atoms with Gasteiger partial charge in [-0.25, -0.2) is 0 Å². The van der Waals surface area contributed by atoms with Crippen molar-refractivity contribution in [2.24, 2.45) is 0 Å². The number of hydrogen-bond donors (Lipinski definition) is 1. The molecule has 5 heteroatoms. The number of pyridine rings is 1. The maximum atomic E-state index is 12.7. The van der Waals surface area contributed by atoms with Crippen molar-refractivity contribution < 1.29 is 14.6 Å². The molecule has 1 atom stereocenters. The van der Waals surface area contributed by atoms with E-state index in [1.807, 2.05) is 30.9 Å². The topological polar surface area (TPSA) is 62.7 Å². The predicted octanol–water partition coefficient (Wildman–Crippen LogP) is 2.07. The molecule has 2 aromatic rings. The molecule has 0 saturated carbocycles. The van der Waals surface area contributed by atoms with Gasteiger partial charge in [0.15, 0.2) is 0 Å². The van der Waals surface area contributed by atoms with Crippen molar-refractivity contribution in [1.29, 1.82) is 0 Å². The van der Waals surface area contributed by atoms with E-state index in [-0.39, 0.29) is 12.5 Å². The molecule has 0 radical (unpaired) electrons. The third-order valence-electron chi connectivity index (χ3n) is 4.85. The van der Waals surface area contributed by atoms with E-state index in [0.717, 1.165) is 16.8 Å². The van der Waals surface area contributed by atoms with Gasteiger partial charge in [-0.05, 0) is 37.1 Å². The van der Waals surface area contributed by atoms with Gasteiger partial charge in [-0.3, -0.25) is 9.78 Å². The van der Waals surface area contributed by atoms with Gasteiger partial charge in [0.25, 0.3) is 0 Å². The molecule has 2 heterocycles. The van der Waals surface area contributed by atoms with Crippen LogP contribution in [0.15, 0.2) is 42.6 Å². The second-order valence-electron chi connectivity index (χ2n) is 7.15. The van der Waals surface area contributed by atoms with Gasteiger partial charge < -0.3 is 14.7 Å². The Labute approximate surface area is 154 Å². The number of amides is 1. The molecule has 1 amide bonds. The molecule has 138 valence electrons. The van der Waals surface area contributed by atoms with Crippen LogP contribution in [-0.2, 0) is 22.4 Å². The van der Waals surface area contributed by atoms with E-state index in [4.69, 9.17) is 4.74 Å². The van der Waals surface area contributed by atoms with Gasteiger partial charge in [0, 0.05) is 24.9 Å². The first-order valence-corrected chi connectivity index (χ1v) is 8.99. The largest absolute Gasteiger partial charge is 0.393 e. The van der Waals surface area contributed by atoms with Crippen LogP contribution in [0.4, 0.5) is 0 Å². The Balaban J connectivity index is 1.69. The van der Waals surface area contributed by atoms with E-state index >= 15 is 0 Å². The van der Waals surface area contributed by atoms with E-state index < -0.39 is 5.60 Å². The number of aliphatic hydroxyl groups is 1. The van der Waals surface area contributed by atoms with Crippen molar-refractivity contribution in [1.82, 2.24) is 9.88 Å². The molecular weight excluding hydrogens is 328 g/mol. The molecule has 1 aliphatic rings. The lowest BCUT2D eigenvalue weighted by atomic mass is 9.92. The summed E-state index contributed by atoms with van der Waals surface area (Å²) in [6.45, 7) is 5.25. The maximum absolute atomic E-state index is 12.7. The number of benzene rings is 1. The first-order valence-electron chi connectivity index (χ1n) is 8.99. The molecule has 0 aliphatic carbocycles. The normalized spacial score (nSPS) is 20.2. The fourth-order valence-corrected chi connectivity index (χ4v) is 3.39. The molecular formula is C21H26N2O3. The lowest BCUT2D eigenvalue weighted by molar-refractivity contribution is -0.157. The molecule has 1 aromatic carbocycles. The zero-order valence-electron chi connectivity index (χ0n) is 15.4. The highest BCUT2D eigenvalue weighted by Crippen LogP contribution is 2.24. The highest BCUT2D eigenvalue weighted by molar-refractivity contribution is 5.79. The average Bonchev–Trinajstić information content (AvgIpc) is 2.64. The lowest BCUT2D eigenvalue weighted by Crippen LogP contribution is -2.57. The first-order chi connectivity index (χ1) is 12.5. The average molecular weight is 354 g/mol. The van der Waals surface area contributed by atoms with Crippen LogP contribution in [0.3, 0.4) is 0 Å². The summed E-state index contributed by atoms with van der Waals surface area (Å²) >= 11 is 0. The van der Waals surface area contributed by atoms with Gasteiger partial charge in [-0.15, -0.1) is 0 Å². The number of aryl methyl sites for hydroxylation is 2. The van der Waals surface area contributed by atoms with E-state index in [9.17, 15) is 9.90 Å². The molecule has 1 N–H and O–H groups in total. The van der Waals surface area contributed by atoms with Crippen LogP contribution in [0, 0.1) is 13.8 Å². The van der Waals surface area contributed by atoms with Crippen LogP contribution >= 0.6 is 0 Å². The van der Waals surface area contributed by atoms with Crippen molar-refractivity contribution in [3.8, 4) is 0 Å². The number of carbonyl (C=O) groups excluding carboxylic acids is 1. The molecule has 1 fully saturated rings. The lowest BCUT2D eigenvalue weighted by Gasteiger charge is -2.42. The van der Waals surface area contributed by atoms with Crippen LogP contribution in [0.1, 0.15) is 22.4 Å². The Bertz CT molecular complexity index is 760. The minimum Gasteiger partial charge on any atom is -0.393 e. The van der Waals surface area contributed by atoms with Crippen LogP contribution in [0.2, 0.25) is 0 Å². The van der Waals surface area contributed by atoms with Gasteiger partial charge in [-0.1, -0.05) is 29.8 Å². The molecule has 3 rings (SSSR count). The monoisotopic (exact) mass is 354 g/mol. The first kappa shape index (κ1) is 18.5. The van der Waals surface area contributed by atoms with Crippen LogP contribution in [0.5, 0.6) is 0 Å².